The van der Waals surface area contributed by atoms with Crippen LogP contribution in [0.2, 0.25) is 0 Å². The molecule has 2 atom stereocenters. The highest BCUT2D eigenvalue weighted by molar-refractivity contribution is 7.91. The molecule has 0 bridgehead atoms. The van der Waals surface area contributed by atoms with E-state index in [1.807, 2.05) is 38.1 Å². The summed E-state index contributed by atoms with van der Waals surface area (Å²) in [6.45, 7) is 4.03. The lowest BCUT2D eigenvalue weighted by Crippen LogP contribution is -2.48. The lowest BCUT2D eigenvalue weighted by atomic mass is 10.1. The molecule has 1 amide bonds. The Morgan fingerprint density at radius 2 is 2.17 bits per heavy atom. The number of sulfone groups is 1. The number of carbonyl (C=O) groups excluding carboxylic acids is 1. The molecule has 1 aromatic heterocycles. The zero-order valence-corrected chi connectivity index (χ0v) is 14.7. The van der Waals surface area contributed by atoms with Crippen molar-refractivity contribution in [2.75, 3.05) is 11.5 Å². The Morgan fingerprint density at radius 3 is 2.83 bits per heavy atom. The number of fused-ring (bicyclic) bond motifs is 1. The van der Waals surface area contributed by atoms with Gasteiger partial charge in [-0.05, 0) is 31.9 Å². The minimum atomic E-state index is -3.04. The standard InChI is InChI=1S/C16H22N4O3S/c1-3-12(2)20(13-8-9-24(22,23)11-13)16(21)10-19-15-7-5-4-6-14(15)17-18-19/h4-7,12-13H,3,8-11H2,1-2H3/t12-,13+/m1/s1. The van der Waals surface area contributed by atoms with Crippen LogP contribution in [-0.2, 0) is 21.2 Å². The Labute approximate surface area is 141 Å². The molecule has 0 N–H and O–H groups in total. The quantitative estimate of drug-likeness (QED) is 0.810. The highest BCUT2D eigenvalue weighted by Crippen LogP contribution is 2.22. The number of benzene rings is 1. The summed E-state index contributed by atoms with van der Waals surface area (Å²) < 4.78 is 25.2. The third kappa shape index (κ3) is 3.28. The van der Waals surface area contributed by atoms with Crippen molar-refractivity contribution < 1.29 is 13.2 Å². The van der Waals surface area contributed by atoms with Crippen molar-refractivity contribution in [1.82, 2.24) is 19.9 Å². The first-order chi connectivity index (χ1) is 11.4. The van der Waals surface area contributed by atoms with E-state index in [2.05, 4.69) is 10.3 Å². The summed E-state index contributed by atoms with van der Waals surface area (Å²) >= 11 is 0. The molecule has 0 saturated carbocycles. The first-order valence-electron chi connectivity index (χ1n) is 8.21. The summed E-state index contributed by atoms with van der Waals surface area (Å²) in [4.78, 5) is 14.6. The number of amides is 1. The highest BCUT2D eigenvalue weighted by Gasteiger charge is 2.36. The van der Waals surface area contributed by atoms with Crippen LogP contribution in [0.4, 0.5) is 0 Å². The summed E-state index contributed by atoms with van der Waals surface area (Å²) in [5, 5.41) is 8.12. The first kappa shape index (κ1) is 16.9. The number of para-hydroxylation sites is 1. The van der Waals surface area contributed by atoms with Crippen molar-refractivity contribution in [3.8, 4) is 0 Å². The number of rotatable bonds is 5. The normalized spacial score (nSPS) is 21.0. The Hall–Kier alpha value is -1.96. The van der Waals surface area contributed by atoms with Crippen LogP contribution in [0.25, 0.3) is 11.0 Å². The van der Waals surface area contributed by atoms with Crippen LogP contribution in [0.15, 0.2) is 24.3 Å². The van der Waals surface area contributed by atoms with Crippen LogP contribution in [0, 0.1) is 0 Å². The smallest absolute Gasteiger partial charge is 0.244 e. The third-order valence-electron chi connectivity index (χ3n) is 4.66. The molecule has 1 fully saturated rings. The third-order valence-corrected chi connectivity index (χ3v) is 6.41. The Kier molecular flexibility index (Phi) is 4.58. The molecule has 7 nitrogen and oxygen atoms in total. The average Bonchev–Trinajstić information content (AvgIpc) is 3.11. The molecule has 0 unspecified atom stereocenters. The van der Waals surface area contributed by atoms with Crippen LogP contribution >= 0.6 is 0 Å². The second kappa shape index (κ2) is 6.51. The molecule has 24 heavy (non-hydrogen) atoms. The van der Waals surface area contributed by atoms with Gasteiger partial charge >= 0.3 is 0 Å². The molecule has 0 aliphatic carbocycles. The molecular formula is C16H22N4O3S. The van der Waals surface area contributed by atoms with Crippen molar-refractivity contribution in [3.05, 3.63) is 24.3 Å². The molecule has 2 aromatic rings. The molecule has 1 aliphatic rings. The van der Waals surface area contributed by atoms with Crippen LogP contribution < -0.4 is 0 Å². The molecule has 8 heteroatoms. The van der Waals surface area contributed by atoms with Gasteiger partial charge in [-0.25, -0.2) is 13.1 Å². The van der Waals surface area contributed by atoms with E-state index in [9.17, 15) is 13.2 Å². The van der Waals surface area contributed by atoms with Crippen molar-refractivity contribution >= 4 is 26.8 Å². The van der Waals surface area contributed by atoms with Gasteiger partial charge < -0.3 is 4.90 Å². The van der Waals surface area contributed by atoms with E-state index in [4.69, 9.17) is 0 Å². The maximum atomic E-state index is 12.9. The summed E-state index contributed by atoms with van der Waals surface area (Å²) in [6.07, 6.45) is 1.29. The van der Waals surface area contributed by atoms with E-state index >= 15 is 0 Å². The Morgan fingerprint density at radius 1 is 1.42 bits per heavy atom. The molecule has 1 saturated heterocycles. The number of carbonyl (C=O) groups is 1. The maximum absolute atomic E-state index is 12.9. The molecule has 0 radical (unpaired) electrons. The fraction of sp³-hybridized carbons (Fsp3) is 0.562. The fourth-order valence-electron chi connectivity index (χ4n) is 3.24. The predicted octanol–water partition coefficient (Wildman–Crippen LogP) is 1.25. The lowest BCUT2D eigenvalue weighted by molar-refractivity contribution is -0.136. The van der Waals surface area contributed by atoms with Gasteiger partial charge in [0.1, 0.15) is 12.1 Å². The van der Waals surface area contributed by atoms with Gasteiger partial charge in [-0.3, -0.25) is 4.79 Å². The van der Waals surface area contributed by atoms with Crippen LogP contribution in [-0.4, -0.2) is 57.8 Å². The zero-order chi connectivity index (χ0) is 17.3. The van der Waals surface area contributed by atoms with E-state index in [0.717, 1.165) is 17.5 Å². The SMILES string of the molecule is CC[C@@H](C)N(C(=O)Cn1nnc2ccccc21)[C@H]1CCS(=O)(=O)C1. The molecule has 1 aromatic carbocycles. The van der Waals surface area contributed by atoms with Gasteiger partial charge in [-0.15, -0.1) is 5.10 Å². The van der Waals surface area contributed by atoms with Gasteiger partial charge in [-0.2, -0.15) is 0 Å². The van der Waals surface area contributed by atoms with Crippen molar-refractivity contribution in [2.45, 2.75) is 45.3 Å². The topological polar surface area (TPSA) is 85.2 Å². The molecule has 3 rings (SSSR count). The number of hydrogen-bond donors (Lipinski definition) is 0. The maximum Gasteiger partial charge on any atom is 0.244 e. The number of aromatic nitrogens is 3. The van der Waals surface area contributed by atoms with Crippen molar-refractivity contribution in [1.29, 1.82) is 0 Å². The summed E-state index contributed by atoms with van der Waals surface area (Å²) in [5.74, 6) is 0.104. The molecule has 0 spiro atoms. The minimum Gasteiger partial charge on any atom is -0.334 e. The number of hydrogen-bond acceptors (Lipinski definition) is 5. The van der Waals surface area contributed by atoms with Gasteiger partial charge in [0.2, 0.25) is 5.91 Å². The largest absolute Gasteiger partial charge is 0.334 e. The lowest BCUT2D eigenvalue weighted by Gasteiger charge is -2.33. The average molecular weight is 350 g/mol. The predicted molar refractivity (Wildman–Crippen MR) is 91.2 cm³/mol. The van der Waals surface area contributed by atoms with Crippen molar-refractivity contribution in [2.24, 2.45) is 0 Å². The zero-order valence-electron chi connectivity index (χ0n) is 13.9. The summed E-state index contributed by atoms with van der Waals surface area (Å²) in [6, 6.07) is 7.22. The monoisotopic (exact) mass is 350 g/mol. The number of nitrogens with zero attached hydrogens (tertiary/aromatic N) is 4. The fourth-order valence-corrected chi connectivity index (χ4v) is 4.96. The van der Waals surface area contributed by atoms with Crippen LogP contribution in [0.3, 0.4) is 0 Å². The van der Waals surface area contributed by atoms with Gasteiger partial charge in [-0.1, -0.05) is 24.3 Å². The van der Waals surface area contributed by atoms with Crippen LogP contribution in [0.5, 0.6) is 0 Å². The van der Waals surface area contributed by atoms with E-state index in [0.29, 0.717) is 6.42 Å². The van der Waals surface area contributed by atoms with Crippen molar-refractivity contribution in [3.63, 3.8) is 0 Å². The highest BCUT2D eigenvalue weighted by atomic mass is 32.2. The van der Waals surface area contributed by atoms with E-state index < -0.39 is 9.84 Å². The van der Waals surface area contributed by atoms with Gasteiger partial charge in [0.15, 0.2) is 9.84 Å². The first-order valence-corrected chi connectivity index (χ1v) is 10.0. The molecule has 2 heterocycles. The second-order valence-electron chi connectivity index (χ2n) is 6.35. The Balaban J connectivity index is 1.84. The van der Waals surface area contributed by atoms with Gasteiger partial charge in [0.25, 0.3) is 0 Å². The molecule has 130 valence electrons. The van der Waals surface area contributed by atoms with E-state index in [1.54, 1.807) is 9.58 Å². The summed E-state index contributed by atoms with van der Waals surface area (Å²) in [7, 11) is -3.04. The summed E-state index contributed by atoms with van der Waals surface area (Å²) in [5.41, 5.74) is 1.54. The van der Waals surface area contributed by atoms with Gasteiger partial charge in [0.05, 0.1) is 17.0 Å². The Bertz CT molecular complexity index is 846. The molecular weight excluding hydrogens is 328 g/mol. The minimum absolute atomic E-state index is 0.00872. The molecule has 1 aliphatic heterocycles. The van der Waals surface area contributed by atoms with Gasteiger partial charge in [0, 0.05) is 12.1 Å². The van der Waals surface area contributed by atoms with Crippen LogP contribution in [0.1, 0.15) is 26.7 Å². The second-order valence-corrected chi connectivity index (χ2v) is 8.58. The van der Waals surface area contributed by atoms with E-state index in [1.165, 1.54) is 0 Å². The van der Waals surface area contributed by atoms with E-state index in [-0.39, 0.29) is 36.0 Å².